The smallest absolute Gasteiger partial charge is 0.372 e. The van der Waals surface area contributed by atoms with Crippen molar-refractivity contribution >= 4 is 11.9 Å². The fourth-order valence-electron chi connectivity index (χ4n) is 0.152. The van der Waals surface area contributed by atoms with Gasteiger partial charge in [0.15, 0.2) is 0 Å². The molecule has 0 spiro atoms. The van der Waals surface area contributed by atoms with Gasteiger partial charge in [0.25, 0.3) is 0 Å². The highest BCUT2D eigenvalue weighted by Gasteiger charge is 2.00. The summed E-state index contributed by atoms with van der Waals surface area (Å²) in [6, 6.07) is 0. The molecule has 0 aliphatic carbocycles. The third-order valence-electron chi connectivity index (χ3n) is 0.566. The number of carbonyl (C=O) groups excluding carboxylic acids is 2. The minimum atomic E-state index is -3.40. The van der Waals surface area contributed by atoms with Crippen molar-refractivity contribution in [2.45, 2.75) is 0 Å². The van der Waals surface area contributed by atoms with Crippen LogP contribution < -0.4 is 8.40 Å². The minimum Gasteiger partial charge on any atom is -0.372 e. The molecule has 86 valence electrons. The van der Waals surface area contributed by atoms with Crippen LogP contribution >= 0.6 is 0 Å². The Bertz CT molecular complexity index is 202. The lowest BCUT2D eigenvalue weighted by atomic mass is 10.7. The van der Waals surface area contributed by atoms with Gasteiger partial charge in [0.2, 0.25) is 0 Å². The van der Waals surface area contributed by atoms with Crippen molar-refractivity contribution in [2.75, 3.05) is 0 Å². The van der Waals surface area contributed by atoms with Gasteiger partial charge in [0.05, 0.1) is 0 Å². The van der Waals surface area contributed by atoms with E-state index in [1.165, 1.54) is 0 Å². The summed E-state index contributed by atoms with van der Waals surface area (Å²) in [7, 11) is 0. The summed E-state index contributed by atoms with van der Waals surface area (Å²) in [5, 5.41) is 3.70. The van der Waals surface area contributed by atoms with Crippen molar-refractivity contribution in [1.82, 2.24) is 0 Å². The van der Waals surface area contributed by atoms with Crippen molar-refractivity contribution in [3.8, 4) is 0 Å². The van der Waals surface area contributed by atoms with Crippen LogP contribution in [0.5, 0.6) is 0 Å². The van der Waals surface area contributed by atoms with Gasteiger partial charge in [-0.15, -0.1) is 0 Å². The fourth-order valence-corrected chi connectivity index (χ4v) is 0.152. The van der Waals surface area contributed by atoms with Gasteiger partial charge in [0.1, 0.15) is 0 Å². The highest BCUT2D eigenvalue weighted by atomic mass is 80.0. The summed E-state index contributed by atoms with van der Waals surface area (Å²) in [6.07, 6.45) is 1.70. The molecule has 0 rings (SSSR count). The van der Waals surface area contributed by atoms with Crippen molar-refractivity contribution in [2.24, 2.45) is 0 Å². The average molecular weight is 287 g/mol. The van der Waals surface area contributed by atoms with E-state index in [0.717, 1.165) is 12.2 Å². The number of hydrogen-bond acceptors (Lipinski definition) is 8. The van der Waals surface area contributed by atoms with E-state index < -0.39 is 26.8 Å². The second-order valence-corrected chi connectivity index (χ2v) is 2.33. The van der Waals surface area contributed by atoms with E-state index in [1.54, 1.807) is 0 Å². The maximum Gasteiger partial charge on any atom is 0.433 e. The fraction of sp³-hybridized carbons (Fsp3) is 0. The van der Waals surface area contributed by atoms with Crippen molar-refractivity contribution in [3.05, 3.63) is 25.3 Å². The maximum absolute atomic E-state index is 10.2. The number of halogens is 1. The van der Waals surface area contributed by atoms with Gasteiger partial charge in [-0.3, -0.25) is 9.78 Å². The molecule has 0 saturated carbocycles. The van der Waals surface area contributed by atoms with Gasteiger partial charge in [-0.1, -0.05) is 13.2 Å². The van der Waals surface area contributed by atoms with E-state index in [4.69, 9.17) is 12.6 Å². The van der Waals surface area contributed by atoms with Crippen LogP contribution in [0, 0.1) is 14.8 Å². The van der Waals surface area contributed by atoms with Crippen molar-refractivity contribution < 1.29 is 51.8 Å². The highest BCUT2D eigenvalue weighted by Crippen LogP contribution is 1.85. The number of carbonyl (C=O) groups is 2. The second kappa shape index (κ2) is 10.8. The molecule has 0 heterocycles. The van der Waals surface area contributed by atoms with Crippen LogP contribution in [-0.4, -0.2) is 16.1 Å². The van der Waals surface area contributed by atoms with Crippen molar-refractivity contribution in [3.63, 3.8) is 0 Å². The summed E-state index contributed by atoms with van der Waals surface area (Å²) < 4.78 is 24.3. The van der Waals surface area contributed by atoms with Crippen molar-refractivity contribution in [1.29, 1.82) is 0 Å². The molecule has 1 N–H and O–H groups in total. The average Bonchev–Trinajstić information content (AvgIpc) is 2.16. The molecule has 0 aromatic heterocycles. The van der Waals surface area contributed by atoms with E-state index in [1.807, 2.05) is 0 Å². The van der Waals surface area contributed by atoms with E-state index in [9.17, 15) is 9.59 Å². The minimum absolute atomic E-state index is 0.849. The lowest BCUT2D eigenvalue weighted by molar-refractivity contribution is -1.63. The standard InChI is InChI=1S/C6H6O5.BrHO3/c1-3-5(7)9-11-10-6(8)4-2;2-1(3)4/h3-4H,1-2H2;2H. The second-order valence-electron chi connectivity index (χ2n) is 1.48. The van der Waals surface area contributed by atoms with Crippen LogP contribution in [-0.2, 0) is 24.4 Å². The lowest BCUT2D eigenvalue weighted by Gasteiger charge is -1.95. The molecule has 0 fully saturated rings. The molecule has 0 aromatic rings. The molecule has 9 heteroatoms. The predicted molar refractivity (Wildman–Crippen MR) is 35.9 cm³/mol. The molecule has 0 aliphatic heterocycles. The molecule has 15 heavy (non-hydrogen) atoms. The Hall–Kier alpha value is -1.26. The molecule has 0 unspecified atom stereocenters. The summed E-state index contributed by atoms with van der Waals surface area (Å²) in [5.41, 5.74) is 0. The molecule has 0 amide bonds. The van der Waals surface area contributed by atoms with E-state index >= 15 is 0 Å². The summed E-state index contributed by atoms with van der Waals surface area (Å²) >= 11 is -3.40. The summed E-state index contributed by atoms with van der Waals surface area (Å²) in [5.74, 6) is -1.72. The number of rotatable bonds is 4. The third-order valence-corrected chi connectivity index (χ3v) is 0.566. The third kappa shape index (κ3) is 19.2. The molecule has 0 saturated heterocycles. The zero-order chi connectivity index (χ0) is 12.3. The van der Waals surface area contributed by atoms with Gasteiger partial charge in [-0.2, -0.15) is 0 Å². The predicted octanol–water partition coefficient (Wildman–Crippen LogP) is -2.64. The van der Waals surface area contributed by atoms with E-state index in [2.05, 4.69) is 28.0 Å². The van der Waals surface area contributed by atoms with Crippen LogP contribution in [0.3, 0.4) is 0 Å². The first-order chi connectivity index (χ1) is 6.93. The van der Waals surface area contributed by atoms with Gasteiger partial charge in [-0.05, 0) is 4.20 Å². The first-order valence-electron chi connectivity index (χ1n) is 3.02. The zero-order valence-corrected chi connectivity index (χ0v) is 8.84. The summed E-state index contributed by atoms with van der Waals surface area (Å²) in [6.45, 7) is 6.13. The molecule has 8 nitrogen and oxygen atoms in total. The van der Waals surface area contributed by atoms with E-state index in [0.29, 0.717) is 0 Å². The first-order valence-corrected chi connectivity index (χ1v) is 5.03. The van der Waals surface area contributed by atoms with Crippen LogP contribution in [0.15, 0.2) is 25.3 Å². The Morgan fingerprint density at radius 3 is 1.60 bits per heavy atom. The van der Waals surface area contributed by atoms with Crippen LogP contribution in [0.1, 0.15) is 0 Å². The maximum atomic E-state index is 10.2. The monoisotopic (exact) mass is 286 g/mol. The Labute approximate surface area is 89.7 Å². The molecular formula is C6H7BrO8. The lowest BCUT2D eigenvalue weighted by Crippen LogP contribution is -2.30. The SMILES string of the molecule is C=CC(=O)OOOC(=O)C=C.[O-][Br+2]([O-])O. The zero-order valence-electron chi connectivity index (χ0n) is 7.25. The van der Waals surface area contributed by atoms with Crippen LogP contribution in [0.4, 0.5) is 0 Å². The van der Waals surface area contributed by atoms with Gasteiger partial charge >= 0.3 is 26.8 Å². The van der Waals surface area contributed by atoms with Crippen LogP contribution in [0.25, 0.3) is 0 Å². The first kappa shape index (κ1) is 16.2. The van der Waals surface area contributed by atoms with E-state index in [-0.39, 0.29) is 0 Å². The quantitative estimate of drug-likeness (QED) is 0.337. The molecule has 0 aliphatic rings. The normalized spacial score (nSPS) is 8.27. The van der Waals surface area contributed by atoms with Crippen LogP contribution in [0.2, 0.25) is 0 Å². The molecular weight excluding hydrogens is 280 g/mol. The molecule has 0 radical (unpaired) electrons. The van der Waals surface area contributed by atoms with Gasteiger partial charge in [0, 0.05) is 17.2 Å². The number of hydrogen-bond donors (Lipinski definition) is 1. The topological polar surface area (TPSA) is 128 Å². The van der Waals surface area contributed by atoms with Gasteiger partial charge < -0.3 is 8.40 Å². The molecule has 0 atom stereocenters. The summed E-state index contributed by atoms with van der Waals surface area (Å²) in [4.78, 5) is 28.0. The Morgan fingerprint density at radius 2 is 1.40 bits per heavy atom. The largest absolute Gasteiger partial charge is 0.433 e. The molecule has 0 aromatic carbocycles. The van der Waals surface area contributed by atoms with Gasteiger partial charge in [-0.25, -0.2) is 9.59 Å². The Balaban J connectivity index is 0. The Kier molecular flexibility index (Phi) is 11.7. The Morgan fingerprint density at radius 1 is 1.13 bits per heavy atom. The highest BCUT2D eigenvalue weighted by molar-refractivity contribution is 5.81. The molecule has 0 bridgehead atoms.